The van der Waals surface area contributed by atoms with Crippen LogP contribution < -0.4 is 4.74 Å². The largest absolute Gasteiger partial charge is 0.455 e. The van der Waals surface area contributed by atoms with Crippen molar-refractivity contribution in [1.29, 1.82) is 0 Å². The van der Waals surface area contributed by atoms with Crippen molar-refractivity contribution in [2.75, 3.05) is 0 Å². The van der Waals surface area contributed by atoms with Crippen molar-refractivity contribution < 1.29 is 4.74 Å². The van der Waals surface area contributed by atoms with Crippen molar-refractivity contribution in [2.45, 2.75) is 32.6 Å². The Kier molecular flexibility index (Phi) is 4.77. The molecule has 2 nitrogen and oxygen atoms in total. The zero-order valence-electron chi connectivity index (χ0n) is 10.7. The molecular weight excluding hydrogens is 222 g/mol. The van der Waals surface area contributed by atoms with Crippen molar-refractivity contribution in [1.82, 2.24) is 4.98 Å². The van der Waals surface area contributed by atoms with Crippen LogP contribution in [0.15, 0.2) is 42.7 Å². The lowest BCUT2D eigenvalue weighted by atomic mass is 10.1. The van der Waals surface area contributed by atoms with E-state index in [4.69, 9.17) is 4.74 Å². The fourth-order valence-corrected chi connectivity index (χ4v) is 1.82. The van der Waals surface area contributed by atoms with Gasteiger partial charge < -0.3 is 4.74 Å². The molecule has 0 bridgehead atoms. The van der Waals surface area contributed by atoms with Gasteiger partial charge in [0.2, 0.25) is 0 Å². The highest BCUT2D eigenvalue weighted by molar-refractivity contribution is 5.31. The molecule has 0 fully saturated rings. The molecule has 0 aliphatic heterocycles. The normalized spacial score (nSPS) is 10.3. The third-order valence-electron chi connectivity index (χ3n) is 2.77. The van der Waals surface area contributed by atoms with Crippen LogP contribution in [-0.2, 0) is 6.42 Å². The molecule has 0 spiro atoms. The van der Waals surface area contributed by atoms with Gasteiger partial charge in [-0.05, 0) is 36.6 Å². The molecule has 0 unspecified atom stereocenters. The molecule has 0 aliphatic carbocycles. The highest BCUT2D eigenvalue weighted by Crippen LogP contribution is 2.21. The summed E-state index contributed by atoms with van der Waals surface area (Å²) in [5, 5.41) is 0. The van der Waals surface area contributed by atoms with E-state index in [1.54, 1.807) is 12.4 Å². The average molecular weight is 240 g/mol. The summed E-state index contributed by atoms with van der Waals surface area (Å²) in [5.41, 5.74) is 1.31. The Morgan fingerprint density at radius 2 is 2.22 bits per heavy atom. The van der Waals surface area contributed by atoms with Gasteiger partial charge >= 0.3 is 0 Å². The molecule has 0 atom stereocenters. The predicted molar refractivity (Wildman–Crippen MR) is 72.8 cm³/mol. The van der Waals surface area contributed by atoms with Crippen LogP contribution in [0.3, 0.4) is 0 Å². The zero-order valence-corrected chi connectivity index (χ0v) is 10.7. The predicted octanol–water partition coefficient (Wildman–Crippen LogP) is 4.41. The fraction of sp³-hybridized carbons (Fsp3) is 0.312. The number of benzene rings is 1. The quantitative estimate of drug-likeness (QED) is 0.698. The van der Waals surface area contributed by atoms with Gasteiger partial charge in [-0.25, -0.2) is 0 Å². The number of unbranched alkanes of at least 4 members (excludes halogenated alkanes) is 2. The molecule has 1 aromatic carbocycles. The van der Waals surface area contributed by atoms with E-state index in [2.05, 4.69) is 30.1 Å². The van der Waals surface area contributed by atoms with E-state index >= 15 is 0 Å². The molecule has 18 heavy (non-hydrogen) atoms. The van der Waals surface area contributed by atoms with Crippen LogP contribution in [0.25, 0.3) is 0 Å². The molecule has 1 aromatic heterocycles. The first kappa shape index (κ1) is 12.6. The molecule has 0 saturated heterocycles. The van der Waals surface area contributed by atoms with Crippen molar-refractivity contribution in [2.24, 2.45) is 0 Å². The number of hydrogen-bond donors (Lipinski definition) is 0. The Morgan fingerprint density at radius 3 is 3.00 bits per heavy atom. The molecular formula is C16H18NO. The standard InChI is InChI=1S/C16H18NO/c1-2-3-4-7-14-8-5-9-15(12-14)18-16-10-6-11-17-13-16/h5-6,8,10-13H,2-4,7H2,1H3. The topological polar surface area (TPSA) is 22.1 Å². The van der Waals surface area contributed by atoms with Crippen LogP contribution in [0.5, 0.6) is 11.5 Å². The Labute approximate surface area is 109 Å². The molecule has 2 heteroatoms. The van der Waals surface area contributed by atoms with Crippen LogP contribution in [0.1, 0.15) is 31.7 Å². The maximum Gasteiger partial charge on any atom is 0.145 e. The first-order chi connectivity index (χ1) is 8.88. The summed E-state index contributed by atoms with van der Waals surface area (Å²) in [6, 6.07) is 12.9. The van der Waals surface area contributed by atoms with Gasteiger partial charge in [-0.1, -0.05) is 31.9 Å². The third-order valence-corrected chi connectivity index (χ3v) is 2.77. The Balaban J connectivity index is 1.99. The van der Waals surface area contributed by atoms with Gasteiger partial charge in [0.15, 0.2) is 0 Å². The van der Waals surface area contributed by atoms with Crippen molar-refractivity contribution in [3.8, 4) is 11.5 Å². The number of hydrogen-bond acceptors (Lipinski definition) is 2. The fourth-order valence-electron chi connectivity index (χ4n) is 1.82. The van der Waals surface area contributed by atoms with E-state index in [0.29, 0.717) is 0 Å². The second kappa shape index (κ2) is 6.80. The highest BCUT2D eigenvalue weighted by Gasteiger charge is 1.99. The lowest BCUT2D eigenvalue weighted by Gasteiger charge is -2.06. The van der Waals surface area contributed by atoms with Gasteiger partial charge in [0.1, 0.15) is 11.5 Å². The van der Waals surface area contributed by atoms with E-state index in [1.165, 1.54) is 24.8 Å². The summed E-state index contributed by atoms with van der Waals surface area (Å²) in [4.78, 5) is 4.03. The summed E-state index contributed by atoms with van der Waals surface area (Å²) in [7, 11) is 0. The summed E-state index contributed by atoms with van der Waals surface area (Å²) >= 11 is 0. The van der Waals surface area contributed by atoms with Crippen LogP contribution in [0.4, 0.5) is 0 Å². The van der Waals surface area contributed by atoms with E-state index in [0.717, 1.165) is 17.9 Å². The molecule has 93 valence electrons. The highest BCUT2D eigenvalue weighted by atomic mass is 16.5. The molecule has 0 aliphatic rings. The smallest absolute Gasteiger partial charge is 0.145 e. The minimum Gasteiger partial charge on any atom is -0.455 e. The van der Waals surface area contributed by atoms with Crippen LogP contribution in [0.2, 0.25) is 0 Å². The second-order valence-corrected chi connectivity index (χ2v) is 4.31. The molecule has 0 N–H and O–H groups in total. The molecule has 2 rings (SSSR count). The number of aromatic nitrogens is 1. The Bertz CT molecular complexity index is 468. The molecule has 2 aromatic rings. The van der Waals surface area contributed by atoms with Gasteiger partial charge in [-0.2, -0.15) is 0 Å². The molecule has 0 saturated carbocycles. The monoisotopic (exact) mass is 240 g/mol. The maximum absolute atomic E-state index is 5.71. The van der Waals surface area contributed by atoms with Gasteiger partial charge in [0.05, 0.1) is 6.20 Å². The van der Waals surface area contributed by atoms with E-state index in [-0.39, 0.29) is 0 Å². The number of ether oxygens (including phenoxy) is 1. The van der Waals surface area contributed by atoms with Gasteiger partial charge in [0.25, 0.3) is 0 Å². The Morgan fingerprint density at radius 1 is 1.28 bits per heavy atom. The first-order valence-corrected chi connectivity index (χ1v) is 6.47. The summed E-state index contributed by atoms with van der Waals surface area (Å²) in [6.07, 6.45) is 8.30. The van der Waals surface area contributed by atoms with Gasteiger partial charge in [-0.3, -0.25) is 4.98 Å². The van der Waals surface area contributed by atoms with Crippen molar-refractivity contribution in [3.63, 3.8) is 0 Å². The molecule has 0 amide bonds. The summed E-state index contributed by atoms with van der Waals surface area (Å²) < 4.78 is 5.71. The average Bonchev–Trinajstić information content (AvgIpc) is 2.41. The van der Waals surface area contributed by atoms with Crippen molar-refractivity contribution in [3.05, 3.63) is 54.4 Å². The minimum absolute atomic E-state index is 0.749. The van der Waals surface area contributed by atoms with Crippen LogP contribution in [-0.4, -0.2) is 4.98 Å². The van der Waals surface area contributed by atoms with E-state index < -0.39 is 0 Å². The maximum atomic E-state index is 5.71. The van der Waals surface area contributed by atoms with Crippen LogP contribution in [0, 0.1) is 6.07 Å². The summed E-state index contributed by atoms with van der Waals surface area (Å²) in [5.74, 6) is 1.51. The third kappa shape index (κ3) is 3.88. The number of nitrogens with zero attached hydrogens (tertiary/aromatic N) is 1. The summed E-state index contributed by atoms with van der Waals surface area (Å²) in [6.45, 7) is 2.22. The number of pyridine rings is 1. The number of aryl methyl sites for hydroxylation is 1. The molecule has 1 radical (unpaired) electrons. The first-order valence-electron chi connectivity index (χ1n) is 6.47. The van der Waals surface area contributed by atoms with E-state index in [1.807, 2.05) is 18.2 Å². The zero-order chi connectivity index (χ0) is 12.6. The SMILES string of the molecule is CCCCCc1cc[c]c(Oc2cccnc2)c1. The minimum atomic E-state index is 0.749. The van der Waals surface area contributed by atoms with Gasteiger partial charge in [0, 0.05) is 12.3 Å². The second-order valence-electron chi connectivity index (χ2n) is 4.31. The van der Waals surface area contributed by atoms with Crippen molar-refractivity contribution >= 4 is 0 Å². The lowest BCUT2D eigenvalue weighted by Crippen LogP contribution is -1.89. The number of rotatable bonds is 6. The van der Waals surface area contributed by atoms with Gasteiger partial charge in [-0.15, -0.1) is 0 Å². The molecule has 1 heterocycles. The van der Waals surface area contributed by atoms with E-state index in [9.17, 15) is 0 Å². The Hall–Kier alpha value is -1.83. The lowest BCUT2D eigenvalue weighted by molar-refractivity contribution is 0.478. The van der Waals surface area contributed by atoms with Crippen LogP contribution >= 0.6 is 0 Å².